The second-order valence-electron chi connectivity index (χ2n) is 8.05. The molecule has 3 unspecified atom stereocenters. The Kier molecular flexibility index (Phi) is 19.9. The zero-order chi connectivity index (χ0) is 15.6. The summed E-state index contributed by atoms with van der Waals surface area (Å²) in [6.45, 7) is 14.3. The quantitative estimate of drug-likeness (QED) is 0.239. The second-order valence-corrected chi connectivity index (χ2v) is 8.05. The van der Waals surface area contributed by atoms with Gasteiger partial charge in [0.15, 0.2) is 0 Å². The Labute approximate surface area is 187 Å². The SMILES string of the molecule is CC1C(C)C(C)C(C)C1C.CCC1CCC2C=CC=CC21.[CH3-].[CH3-].[CH3-].[CH3-].[Hf+4]. The summed E-state index contributed by atoms with van der Waals surface area (Å²) in [4.78, 5) is 0. The third-order valence-corrected chi connectivity index (χ3v) is 7.38. The molecule has 0 bridgehead atoms. The minimum absolute atomic E-state index is 0. The predicted molar refractivity (Wildman–Crippen MR) is 120 cm³/mol. The van der Waals surface area contributed by atoms with Gasteiger partial charge in [-0.3, -0.25) is 0 Å². The third-order valence-electron chi connectivity index (χ3n) is 7.38. The van der Waals surface area contributed by atoms with E-state index in [0.29, 0.717) is 0 Å². The van der Waals surface area contributed by atoms with Gasteiger partial charge in [-0.2, -0.15) is 0 Å². The minimum Gasteiger partial charge on any atom is -0.358 e. The first-order valence-electron chi connectivity index (χ1n) is 9.32. The van der Waals surface area contributed by atoms with E-state index < -0.39 is 0 Å². The summed E-state index contributed by atoms with van der Waals surface area (Å²) < 4.78 is 0. The van der Waals surface area contributed by atoms with E-state index in [2.05, 4.69) is 65.8 Å². The molecule has 0 aliphatic heterocycles. The van der Waals surface area contributed by atoms with Crippen molar-refractivity contribution in [3.63, 3.8) is 0 Å². The Bertz CT molecular complexity index is 339. The van der Waals surface area contributed by atoms with Crippen LogP contribution in [0.15, 0.2) is 24.3 Å². The summed E-state index contributed by atoms with van der Waals surface area (Å²) in [5, 5.41) is 0. The van der Waals surface area contributed by atoms with Crippen LogP contribution in [0.3, 0.4) is 0 Å². The summed E-state index contributed by atoms with van der Waals surface area (Å²) in [5.41, 5.74) is 0. The van der Waals surface area contributed by atoms with E-state index in [0.717, 1.165) is 47.3 Å². The molecule has 0 radical (unpaired) electrons. The maximum atomic E-state index is 2.41. The van der Waals surface area contributed by atoms with Gasteiger partial charge < -0.3 is 29.7 Å². The van der Waals surface area contributed by atoms with Crippen LogP contribution in [0.1, 0.15) is 60.8 Å². The van der Waals surface area contributed by atoms with E-state index >= 15 is 0 Å². The van der Waals surface area contributed by atoms with Gasteiger partial charge in [0.05, 0.1) is 0 Å². The van der Waals surface area contributed by atoms with Crippen molar-refractivity contribution in [1.82, 2.24) is 0 Å². The molecule has 2 saturated carbocycles. The minimum atomic E-state index is 0. The number of fused-ring (bicyclic) bond motifs is 1. The molecule has 3 aliphatic carbocycles. The van der Waals surface area contributed by atoms with E-state index in [4.69, 9.17) is 0 Å². The summed E-state index contributed by atoms with van der Waals surface area (Å²) in [7, 11) is 0. The molecule has 0 N–H and O–H groups in total. The zero-order valence-corrected chi connectivity index (χ0v) is 23.1. The van der Waals surface area contributed by atoms with Gasteiger partial charge in [-0.25, -0.2) is 0 Å². The molecule has 1 heteroatoms. The Morgan fingerprint density at radius 3 is 1.42 bits per heavy atom. The number of hydrogen-bond acceptors (Lipinski definition) is 0. The Morgan fingerprint density at radius 2 is 1.04 bits per heavy atom. The van der Waals surface area contributed by atoms with Crippen LogP contribution in [0.4, 0.5) is 0 Å². The summed E-state index contributed by atoms with van der Waals surface area (Å²) in [5.74, 6) is 7.41. The molecule has 0 nitrogen and oxygen atoms in total. The van der Waals surface area contributed by atoms with Crippen molar-refractivity contribution >= 4 is 0 Å². The van der Waals surface area contributed by atoms with Crippen LogP contribution in [0, 0.1) is 77.0 Å². The molecule has 0 spiro atoms. The first-order chi connectivity index (χ1) is 9.97. The van der Waals surface area contributed by atoms with Crippen LogP contribution < -0.4 is 0 Å². The topological polar surface area (TPSA) is 0 Å². The van der Waals surface area contributed by atoms with E-state index in [9.17, 15) is 0 Å². The molecule has 3 aliphatic rings. The van der Waals surface area contributed by atoms with Crippen LogP contribution in [-0.2, 0) is 25.8 Å². The van der Waals surface area contributed by atoms with E-state index in [-0.39, 0.29) is 55.5 Å². The monoisotopic (exact) mass is 528 g/mol. The number of rotatable bonds is 1. The van der Waals surface area contributed by atoms with Crippen molar-refractivity contribution in [3.8, 4) is 0 Å². The van der Waals surface area contributed by atoms with Gasteiger partial charge in [0.1, 0.15) is 0 Å². The van der Waals surface area contributed by atoms with E-state index in [1.807, 2.05) is 0 Å². The van der Waals surface area contributed by atoms with Gasteiger partial charge in [-0.1, -0.05) is 72.3 Å². The molecule has 0 aromatic carbocycles. The van der Waals surface area contributed by atoms with Gasteiger partial charge in [-0.15, -0.1) is 0 Å². The fourth-order valence-corrected chi connectivity index (χ4v) is 4.94. The van der Waals surface area contributed by atoms with Crippen LogP contribution in [0.2, 0.25) is 0 Å². The van der Waals surface area contributed by atoms with Gasteiger partial charge in [-0.05, 0) is 60.2 Å². The molecule has 152 valence electrons. The molecule has 3 atom stereocenters. The molecule has 3 rings (SSSR count). The van der Waals surface area contributed by atoms with Crippen molar-refractivity contribution in [2.75, 3.05) is 0 Å². The molecular weight excluding hydrogens is 479 g/mol. The summed E-state index contributed by atoms with van der Waals surface area (Å²) in [6, 6.07) is 0. The normalized spacial score (nSPS) is 38.7. The fourth-order valence-electron chi connectivity index (χ4n) is 4.94. The Morgan fingerprint density at radius 1 is 0.654 bits per heavy atom. The van der Waals surface area contributed by atoms with Crippen molar-refractivity contribution in [2.24, 2.45) is 47.3 Å². The van der Waals surface area contributed by atoms with Gasteiger partial charge in [0.25, 0.3) is 0 Å². The van der Waals surface area contributed by atoms with Gasteiger partial charge in [0.2, 0.25) is 0 Å². The van der Waals surface area contributed by atoms with Gasteiger partial charge in [0, 0.05) is 0 Å². The predicted octanol–water partition coefficient (Wildman–Crippen LogP) is 8.14. The summed E-state index contributed by atoms with van der Waals surface area (Å²) in [6.07, 6.45) is 13.4. The molecule has 0 saturated heterocycles. The van der Waals surface area contributed by atoms with E-state index in [1.165, 1.54) is 19.3 Å². The average molecular weight is 527 g/mol. The fraction of sp³-hybridized carbons (Fsp3) is 0.680. The average Bonchev–Trinajstić information content (AvgIpc) is 3.00. The van der Waals surface area contributed by atoms with Gasteiger partial charge >= 0.3 is 25.8 Å². The first kappa shape index (κ1) is 33.9. The van der Waals surface area contributed by atoms with E-state index in [1.54, 1.807) is 0 Å². The van der Waals surface area contributed by atoms with Crippen molar-refractivity contribution in [1.29, 1.82) is 0 Å². The van der Waals surface area contributed by atoms with Crippen molar-refractivity contribution in [3.05, 3.63) is 54.0 Å². The van der Waals surface area contributed by atoms with Crippen molar-refractivity contribution < 1.29 is 25.8 Å². The zero-order valence-electron chi connectivity index (χ0n) is 19.5. The molecular formula is C25H48Hf. The molecule has 0 aromatic rings. The maximum Gasteiger partial charge on any atom is 4.00 e. The van der Waals surface area contributed by atoms with Crippen LogP contribution >= 0.6 is 0 Å². The summed E-state index contributed by atoms with van der Waals surface area (Å²) >= 11 is 0. The molecule has 2 fully saturated rings. The smallest absolute Gasteiger partial charge is 0.358 e. The van der Waals surface area contributed by atoms with Crippen molar-refractivity contribution in [2.45, 2.75) is 60.8 Å². The maximum absolute atomic E-state index is 2.41. The van der Waals surface area contributed by atoms with Crippen LogP contribution in [0.5, 0.6) is 0 Å². The first-order valence-corrected chi connectivity index (χ1v) is 9.32. The number of hydrogen-bond donors (Lipinski definition) is 0. The third kappa shape index (κ3) is 7.40. The molecule has 26 heavy (non-hydrogen) atoms. The van der Waals surface area contributed by atoms with Crippen LogP contribution in [-0.4, -0.2) is 0 Å². The second kappa shape index (κ2) is 15.3. The number of allylic oxidation sites excluding steroid dienone is 4. The largest absolute Gasteiger partial charge is 4.00 e. The molecule has 0 heterocycles. The molecule has 0 amide bonds. The molecule has 0 aromatic heterocycles. The Hall–Kier alpha value is 0.350. The Balaban J connectivity index is -0.000000157. The van der Waals surface area contributed by atoms with Crippen LogP contribution in [0.25, 0.3) is 0 Å². The standard InChI is InChI=1S/C11H16.C10H20.4CH3.Hf/c1-2-9-7-8-10-5-3-4-6-11(9)10;1-6-7(2)9(4)10(5)8(6)3;;;;;/h3-6,9-11H,2,7-8H2,1H3;6-10H,1-5H3;4*1H3;/q;;4*-1;+4.